The molecule has 1 heterocycles. The predicted molar refractivity (Wildman–Crippen MR) is 100 cm³/mol. The van der Waals surface area contributed by atoms with Crippen LogP contribution in [-0.2, 0) is 4.79 Å². The lowest BCUT2D eigenvalue weighted by Gasteiger charge is -2.32. The number of rotatable bonds is 4. The molecule has 3 rings (SSSR count). The van der Waals surface area contributed by atoms with E-state index in [2.05, 4.69) is 16.0 Å². The molecule has 1 aliphatic rings. The van der Waals surface area contributed by atoms with Gasteiger partial charge in [0, 0.05) is 30.6 Å². The lowest BCUT2D eigenvalue weighted by Crippen LogP contribution is -2.53. The molecule has 6 nitrogen and oxygen atoms in total. The smallest absolute Gasteiger partial charge is 0.319 e. The molecule has 0 saturated carbocycles. The van der Waals surface area contributed by atoms with E-state index in [0.717, 1.165) is 5.56 Å². The van der Waals surface area contributed by atoms with Gasteiger partial charge in [0.2, 0.25) is 5.91 Å². The molecule has 1 fully saturated rings. The second-order valence-corrected chi connectivity index (χ2v) is 6.57. The van der Waals surface area contributed by atoms with Gasteiger partial charge in [0.25, 0.3) is 0 Å². The van der Waals surface area contributed by atoms with Crippen molar-refractivity contribution >= 4 is 17.6 Å². The van der Waals surface area contributed by atoms with Crippen molar-refractivity contribution < 1.29 is 18.7 Å². The number of hydrogen-bond donors (Lipinski definition) is 3. The van der Waals surface area contributed by atoms with Crippen LogP contribution in [0.1, 0.15) is 23.5 Å². The zero-order valence-corrected chi connectivity index (χ0v) is 15.2. The van der Waals surface area contributed by atoms with Crippen molar-refractivity contribution in [2.75, 3.05) is 19.0 Å². The van der Waals surface area contributed by atoms with Gasteiger partial charge in [0.05, 0.1) is 13.2 Å². The quantitative estimate of drug-likeness (QED) is 0.773. The van der Waals surface area contributed by atoms with Crippen LogP contribution in [0.5, 0.6) is 5.75 Å². The van der Waals surface area contributed by atoms with Crippen LogP contribution in [0, 0.1) is 12.7 Å². The lowest BCUT2D eigenvalue weighted by atomic mass is 9.85. The van der Waals surface area contributed by atoms with Crippen LogP contribution in [0.2, 0.25) is 0 Å². The van der Waals surface area contributed by atoms with E-state index < -0.39 is 23.8 Å². The zero-order chi connectivity index (χ0) is 19.4. The number of carbonyl (C=O) groups excluding carboxylic acids is 2. The molecule has 0 radical (unpaired) electrons. The van der Waals surface area contributed by atoms with E-state index in [1.165, 1.54) is 13.2 Å². The predicted octanol–water partition coefficient (Wildman–Crippen LogP) is 2.94. The van der Waals surface area contributed by atoms with Crippen LogP contribution in [0.4, 0.5) is 14.9 Å². The number of urea groups is 1. The summed E-state index contributed by atoms with van der Waals surface area (Å²) in [6, 6.07) is 11.1. The van der Waals surface area contributed by atoms with Crippen molar-refractivity contribution in [1.82, 2.24) is 10.6 Å². The van der Waals surface area contributed by atoms with Gasteiger partial charge >= 0.3 is 6.03 Å². The fourth-order valence-corrected chi connectivity index (χ4v) is 3.17. The van der Waals surface area contributed by atoms with Gasteiger partial charge in [-0.3, -0.25) is 4.79 Å². The average molecular weight is 371 g/mol. The molecular formula is C20H22FN3O3. The first kappa shape index (κ1) is 18.7. The summed E-state index contributed by atoms with van der Waals surface area (Å²) in [6.07, 6.45) is 0.0960. The summed E-state index contributed by atoms with van der Waals surface area (Å²) in [6.45, 7) is 2.19. The van der Waals surface area contributed by atoms with Crippen molar-refractivity contribution in [3.05, 3.63) is 59.4 Å². The molecule has 0 spiro atoms. The molecule has 3 amide bonds. The van der Waals surface area contributed by atoms with E-state index >= 15 is 0 Å². The Morgan fingerprint density at radius 3 is 2.63 bits per heavy atom. The molecule has 1 unspecified atom stereocenters. The molecule has 2 aromatic carbocycles. The van der Waals surface area contributed by atoms with Crippen LogP contribution >= 0.6 is 0 Å². The van der Waals surface area contributed by atoms with Crippen LogP contribution < -0.4 is 20.7 Å². The first-order valence-corrected chi connectivity index (χ1v) is 8.70. The van der Waals surface area contributed by atoms with Gasteiger partial charge in [-0.25, -0.2) is 9.18 Å². The number of methoxy groups -OCH3 is 1. The number of carbonyl (C=O) groups is 2. The van der Waals surface area contributed by atoms with Crippen molar-refractivity contribution in [2.45, 2.75) is 25.3 Å². The Kier molecular flexibility index (Phi) is 5.59. The second-order valence-electron chi connectivity index (χ2n) is 6.57. The van der Waals surface area contributed by atoms with Gasteiger partial charge < -0.3 is 20.7 Å². The summed E-state index contributed by atoms with van der Waals surface area (Å²) in [4.78, 5) is 24.2. The summed E-state index contributed by atoms with van der Waals surface area (Å²) in [5.41, 5.74) is 2.13. The summed E-state index contributed by atoms with van der Waals surface area (Å²) in [5.74, 6) is -0.696. The third kappa shape index (κ3) is 4.55. The van der Waals surface area contributed by atoms with E-state index in [1.54, 1.807) is 24.3 Å². The average Bonchev–Trinajstić information content (AvgIpc) is 2.65. The van der Waals surface area contributed by atoms with Crippen molar-refractivity contribution in [2.24, 2.45) is 0 Å². The number of benzene rings is 2. The maximum Gasteiger partial charge on any atom is 0.319 e. The van der Waals surface area contributed by atoms with Gasteiger partial charge in [0.15, 0.2) is 0 Å². The Balaban J connectivity index is 1.74. The van der Waals surface area contributed by atoms with E-state index in [-0.39, 0.29) is 18.9 Å². The molecule has 0 bridgehead atoms. The highest BCUT2D eigenvalue weighted by Gasteiger charge is 2.33. The topological polar surface area (TPSA) is 79.5 Å². The Hall–Kier alpha value is -3.09. The normalized spacial score (nSPS) is 19.1. The Morgan fingerprint density at radius 1 is 1.22 bits per heavy atom. The molecule has 27 heavy (non-hydrogen) atoms. The van der Waals surface area contributed by atoms with Crippen LogP contribution in [0.3, 0.4) is 0 Å². The molecular weight excluding hydrogens is 349 g/mol. The third-order valence-electron chi connectivity index (χ3n) is 4.64. The Labute approximate surface area is 157 Å². The first-order valence-electron chi connectivity index (χ1n) is 8.70. The van der Waals surface area contributed by atoms with Crippen LogP contribution in [0.15, 0.2) is 42.5 Å². The van der Waals surface area contributed by atoms with Gasteiger partial charge in [-0.05, 0) is 30.7 Å². The number of halogens is 1. The molecule has 3 N–H and O–H groups in total. The maximum atomic E-state index is 14.5. The number of amides is 3. The largest absolute Gasteiger partial charge is 0.497 e. The SMILES string of the molecule is COc1ccc(C2CC(=O)NC[C@H]2NC(=O)Nc2ccc(C)cc2)c(F)c1. The minimum atomic E-state index is -0.464. The molecule has 0 aromatic heterocycles. The van der Waals surface area contributed by atoms with Gasteiger partial charge in [-0.1, -0.05) is 23.8 Å². The van der Waals surface area contributed by atoms with Crippen LogP contribution in [-0.4, -0.2) is 31.6 Å². The molecule has 2 aromatic rings. The standard InChI is InChI=1S/C20H22FN3O3/c1-12-3-5-13(6-4-12)23-20(26)24-18-11-22-19(25)10-16(18)15-8-7-14(27-2)9-17(15)21/h3-9,16,18H,10-11H2,1-2H3,(H,22,25)(H2,23,24,26)/t16?,18-/m1/s1. The van der Waals surface area contributed by atoms with Gasteiger partial charge in [-0.15, -0.1) is 0 Å². The van der Waals surface area contributed by atoms with E-state index in [1.807, 2.05) is 19.1 Å². The molecule has 1 saturated heterocycles. The lowest BCUT2D eigenvalue weighted by molar-refractivity contribution is -0.123. The van der Waals surface area contributed by atoms with Crippen molar-refractivity contribution in [3.8, 4) is 5.75 Å². The first-order chi connectivity index (χ1) is 13.0. The minimum Gasteiger partial charge on any atom is -0.497 e. The van der Waals surface area contributed by atoms with E-state index in [4.69, 9.17) is 4.74 Å². The highest BCUT2D eigenvalue weighted by molar-refractivity contribution is 5.90. The van der Waals surface area contributed by atoms with Crippen molar-refractivity contribution in [1.29, 1.82) is 0 Å². The second kappa shape index (κ2) is 8.07. The molecule has 1 aliphatic heterocycles. The summed E-state index contributed by atoms with van der Waals surface area (Å²) in [7, 11) is 1.46. The molecule has 7 heteroatoms. The fraction of sp³-hybridized carbons (Fsp3) is 0.300. The number of ether oxygens (including phenoxy) is 1. The summed E-state index contributed by atoms with van der Waals surface area (Å²) >= 11 is 0. The maximum absolute atomic E-state index is 14.5. The fourth-order valence-electron chi connectivity index (χ4n) is 3.17. The number of aryl methyl sites for hydroxylation is 1. The van der Waals surface area contributed by atoms with E-state index in [0.29, 0.717) is 17.0 Å². The molecule has 0 aliphatic carbocycles. The minimum absolute atomic E-state index is 0.0960. The zero-order valence-electron chi connectivity index (χ0n) is 15.2. The number of nitrogens with one attached hydrogen (secondary N) is 3. The summed E-state index contributed by atoms with van der Waals surface area (Å²) in [5, 5.41) is 8.32. The highest BCUT2D eigenvalue weighted by atomic mass is 19.1. The van der Waals surface area contributed by atoms with Crippen molar-refractivity contribution in [3.63, 3.8) is 0 Å². The number of anilines is 1. The number of piperidine rings is 1. The Morgan fingerprint density at radius 2 is 1.96 bits per heavy atom. The highest BCUT2D eigenvalue weighted by Crippen LogP contribution is 2.30. The molecule has 142 valence electrons. The van der Waals surface area contributed by atoms with Gasteiger partial charge in [0.1, 0.15) is 11.6 Å². The third-order valence-corrected chi connectivity index (χ3v) is 4.64. The number of hydrogen-bond acceptors (Lipinski definition) is 3. The van der Waals surface area contributed by atoms with Crippen LogP contribution in [0.25, 0.3) is 0 Å². The Bertz CT molecular complexity index is 839. The monoisotopic (exact) mass is 371 g/mol. The summed E-state index contributed by atoms with van der Waals surface area (Å²) < 4.78 is 19.5. The van der Waals surface area contributed by atoms with E-state index in [9.17, 15) is 14.0 Å². The molecule has 2 atom stereocenters. The van der Waals surface area contributed by atoms with Gasteiger partial charge in [-0.2, -0.15) is 0 Å².